The lowest BCUT2D eigenvalue weighted by Gasteiger charge is -1.79. The molecule has 1 aromatic rings. The van der Waals surface area contributed by atoms with Gasteiger partial charge in [-0.15, -0.1) is 0 Å². The summed E-state index contributed by atoms with van der Waals surface area (Å²) in [4.78, 5) is 0. The van der Waals surface area contributed by atoms with Gasteiger partial charge < -0.3 is 4.74 Å². The maximum absolute atomic E-state index is 4.98. The predicted molar refractivity (Wildman–Crippen MR) is 27.3 cm³/mol. The zero-order valence-corrected chi connectivity index (χ0v) is 4.29. The molecule has 2 rings (SSSR count). The average molecular weight is 110 g/mol. The first kappa shape index (κ1) is 4.09. The van der Waals surface area contributed by atoms with Crippen LogP contribution in [0.2, 0.25) is 0 Å². The minimum atomic E-state index is 0.317. The minimum Gasteiger partial charge on any atom is -0.366 e. The van der Waals surface area contributed by atoms with Gasteiger partial charge in [-0.2, -0.15) is 5.10 Å². The van der Waals surface area contributed by atoms with E-state index in [4.69, 9.17) is 4.74 Å². The fraction of sp³-hybridized carbons (Fsp3) is 0.400. The van der Waals surface area contributed by atoms with Crippen molar-refractivity contribution in [2.24, 2.45) is 0 Å². The van der Waals surface area contributed by atoms with Gasteiger partial charge in [0.15, 0.2) is 0 Å². The fourth-order valence-corrected chi connectivity index (χ4v) is 0.674. The molecule has 0 aliphatic carbocycles. The molecule has 0 amide bonds. The van der Waals surface area contributed by atoms with Crippen molar-refractivity contribution in [3.05, 3.63) is 18.0 Å². The van der Waals surface area contributed by atoms with E-state index in [2.05, 4.69) is 10.2 Å². The largest absolute Gasteiger partial charge is 0.366 e. The molecule has 1 aliphatic heterocycles. The molecule has 3 heteroatoms. The van der Waals surface area contributed by atoms with Crippen molar-refractivity contribution in [3.63, 3.8) is 0 Å². The Balaban J connectivity index is 2.28. The Hall–Kier alpha value is -0.830. The Morgan fingerprint density at radius 1 is 1.88 bits per heavy atom. The summed E-state index contributed by atoms with van der Waals surface area (Å²) < 4.78 is 4.98. The number of hydrogen-bond acceptors (Lipinski definition) is 2. The van der Waals surface area contributed by atoms with Crippen molar-refractivity contribution >= 4 is 0 Å². The van der Waals surface area contributed by atoms with Gasteiger partial charge in [0.1, 0.15) is 6.10 Å². The number of nitrogens with zero attached hydrogens (tertiary/aromatic N) is 1. The van der Waals surface area contributed by atoms with E-state index >= 15 is 0 Å². The van der Waals surface area contributed by atoms with Crippen LogP contribution in [0.4, 0.5) is 0 Å². The Labute approximate surface area is 46.7 Å². The SMILES string of the molecule is c1cc([C@H]2CO2)[nH]n1. The highest BCUT2D eigenvalue weighted by atomic mass is 16.6. The van der Waals surface area contributed by atoms with E-state index in [9.17, 15) is 0 Å². The molecule has 0 radical (unpaired) electrons. The molecule has 1 atom stereocenters. The first-order valence-corrected chi connectivity index (χ1v) is 2.58. The van der Waals surface area contributed by atoms with Crippen LogP contribution in [0.5, 0.6) is 0 Å². The summed E-state index contributed by atoms with van der Waals surface area (Å²) in [5.74, 6) is 0. The second-order valence-electron chi connectivity index (χ2n) is 1.83. The maximum Gasteiger partial charge on any atom is 0.122 e. The van der Waals surface area contributed by atoms with Gasteiger partial charge in [0.25, 0.3) is 0 Å². The van der Waals surface area contributed by atoms with Crippen LogP contribution < -0.4 is 0 Å². The third kappa shape index (κ3) is 0.518. The van der Waals surface area contributed by atoms with Crippen molar-refractivity contribution in [1.29, 1.82) is 0 Å². The van der Waals surface area contributed by atoms with E-state index in [1.165, 1.54) is 0 Å². The lowest BCUT2D eigenvalue weighted by molar-refractivity contribution is 0.411. The number of ether oxygens (including phenoxy) is 1. The predicted octanol–water partition coefficient (Wildman–Crippen LogP) is 0.481. The third-order valence-corrected chi connectivity index (χ3v) is 1.20. The van der Waals surface area contributed by atoms with Crippen LogP contribution >= 0.6 is 0 Å². The molecule has 0 bridgehead atoms. The lowest BCUT2D eigenvalue weighted by atomic mass is 10.3. The highest BCUT2D eigenvalue weighted by Crippen LogP contribution is 2.26. The molecule has 0 spiro atoms. The topological polar surface area (TPSA) is 41.2 Å². The Morgan fingerprint density at radius 2 is 2.75 bits per heavy atom. The zero-order valence-electron chi connectivity index (χ0n) is 4.29. The summed E-state index contributed by atoms with van der Waals surface area (Å²) in [7, 11) is 0. The first-order valence-electron chi connectivity index (χ1n) is 2.58. The van der Waals surface area contributed by atoms with Gasteiger partial charge in [0.05, 0.1) is 12.3 Å². The average Bonchev–Trinajstić information content (AvgIpc) is 2.49. The maximum atomic E-state index is 4.98. The number of H-pyrrole nitrogens is 1. The van der Waals surface area contributed by atoms with Crippen molar-refractivity contribution in [2.75, 3.05) is 6.61 Å². The number of rotatable bonds is 1. The van der Waals surface area contributed by atoms with Crippen LogP contribution in [0.3, 0.4) is 0 Å². The van der Waals surface area contributed by atoms with Crippen molar-refractivity contribution in [2.45, 2.75) is 6.10 Å². The highest BCUT2D eigenvalue weighted by molar-refractivity contribution is 5.05. The van der Waals surface area contributed by atoms with Crippen LogP contribution in [0.25, 0.3) is 0 Å². The van der Waals surface area contributed by atoms with E-state index in [0.717, 1.165) is 12.3 Å². The minimum absolute atomic E-state index is 0.317. The van der Waals surface area contributed by atoms with E-state index in [1.54, 1.807) is 6.20 Å². The monoisotopic (exact) mass is 110 g/mol. The van der Waals surface area contributed by atoms with E-state index in [0.29, 0.717) is 6.10 Å². The van der Waals surface area contributed by atoms with Gasteiger partial charge in [0.2, 0.25) is 0 Å². The normalized spacial score (nSPS) is 25.8. The van der Waals surface area contributed by atoms with Crippen LogP contribution in [0, 0.1) is 0 Å². The summed E-state index contributed by atoms with van der Waals surface area (Å²) >= 11 is 0. The van der Waals surface area contributed by atoms with Gasteiger partial charge >= 0.3 is 0 Å². The molecule has 1 fully saturated rings. The van der Waals surface area contributed by atoms with E-state index in [-0.39, 0.29) is 0 Å². The van der Waals surface area contributed by atoms with Crippen LogP contribution in [-0.4, -0.2) is 16.8 Å². The van der Waals surface area contributed by atoms with Gasteiger partial charge in [0, 0.05) is 6.20 Å². The molecule has 42 valence electrons. The quantitative estimate of drug-likeness (QED) is 0.534. The van der Waals surface area contributed by atoms with Gasteiger partial charge in [-0.3, -0.25) is 5.10 Å². The Kier molecular flexibility index (Phi) is 0.676. The molecular formula is C5H6N2O. The van der Waals surface area contributed by atoms with Gasteiger partial charge in [-0.1, -0.05) is 0 Å². The Bertz CT molecular complexity index is 167. The molecule has 1 saturated heterocycles. The molecule has 1 aliphatic rings. The van der Waals surface area contributed by atoms with Gasteiger partial charge in [-0.05, 0) is 6.07 Å². The van der Waals surface area contributed by atoms with Gasteiger partial charge in [-0.25, -0.2) is 0 Å². The fourth-order valence-electron chi connectivity index (χ4n) is 0.674. The van der Waals surface area contributed by atoms with Crippen molar-refractivity contribution in [3.8, 4) is 0 Å². The molecular weight excluding hydrogens is 104 g/mol. The van der Waals surface area contributed by atoms with Crippen LogP contribution in [0.15, 0.2) is 12.3 Å². The van der Waals surface area contributed by atoms with Crippen LogP contribution in [0.1, 0.15) is 11.8 Å². The van der Waals surface area contributed by atoms with Crippen LogP contribution in [-0.2, 0) is 4.74 Å². The second kappa shape index (κ2) is 1.32. The Morgan fingerprint density at radius 3 is 3.25 bits per heavy atom. The summed E-state index contributed by atoms with van der Waals surface area (Å²) in [6, 6.07) is 1.93. The molecule has 1 aromatic heterocycles. The lowest BCUT2D eigenvalue weighted by Crippen LogP contribution is -1.77. The number of nitrogens with one attached hydrogen (secondary N) is 1. The summed E-state index contributed by atoms with van der Waals surface area (Å²) in [6.07, 6.45) is 2.05. The van der Waals surface area contributed by atoms with Crippen molar-refractivity contribution < 1.29 is 4.74 Å². The number of epoxide rings is 1. The number of hydrogen-bond donors (Lipinski definition) is 1. The standard InChI is InChI=1S/C5H6N2O/c1-2-6-7-4(1)5-3-8-5/h1-2,5H,3H2,(H,6,7)/t5-/m1/s1. The third-order valence-electron chi connectivity index (χ3n) is 1.20. The molecule has 1 N–H and O–H groups in total. The van der Waals surface area contributed by atoms with E-state index < -0.39 is 0 Å². The number of aromatic nitrogens is 2. The van der Waals surface area contributed by atoms with Crippen molar-refractivity contribution in [1.82, 2.24) is 10.2 Å². The second-order valence-corrected chi connectivity index (χ2v) is 1.83. The zero-order chi connectivity index (χ0) is 5.40. The molecule has 0 saturated carbocycles. The summed E-state index contributed by atoms with van der Waals surface area (Å²) in [5.41, 5.74) is 1.09. The first-order chi connectivity index (χ1) is 3.97. The molecule has 2 heterocycles. The van der Waals surface area contributed by atoms with E-state index in [1.807, 2.05) is 6.07 Å². The number of aromatic amines is 1. The molecule has 8 heavy (non-hydrogen) atoms. The molecule has 0 aromatic carbocycles. The highest BCUT2D eigenvalue weighted by Gasteiger charge is 2.25. The molecule has 0 unspecified atom stereocenters. The smallest absolute Gasteiger partial charge is 0.122 e. The summed E-state index contributed by atoms with van der Waals surface area (Å²) in [6.45, 7) is 0.849. The molecule has 3 nitrogen and oxygen atoms in total. The summed E-state index contributed by atoms with van der Waals surface area (Å²) in [5, 5.41) is 6.60.